The highest BCUT2D eigenvalue weighted by molar-refractivity contribution is 6.30. The highest BCUT2D eigenvalue weighted by Crippen LogP contribution is 2.23. The molecule has 1 unspecified atom stereocenters. The number of carbonyl (C=O) groups excluding carboxylic acids is 2. The lowest BCUT2D eigenvalue weighted by Gasteiger charge is -2.25. The van der Waals surface area contributed by atoms with Crippen molar-refractivity contribution in [1.82, 2.24) is 14.3 Å². The van der Waals surface area contributed by atoms with Crippen LogP contribution in [0.3, 0.4) is 0 Å². The molecule has 8 heteroatoms. The molecule has 0 radical (unpaired) electrons. The van der Waals surface area contributed by atoms with E-state index in [-0.39, 0.29) is 18.0 Å². The molecule has 0 aliphatic rings. The van der Waals surface area contributed by atoms with E-state index in [1.165, 1.54) is 12.0 Å². The monoisotopic (exact) mass is 553 g/mol. The van der Waals surface area contributed by atoms with Crippen molar-refractivity contribution in [3.63, 3.8) is 0 Å². The van der Waals surface area contributed by atoms with E-state index in [0.717, 1.165) is 22.3 Å². The van der Waals surface area contributed by atoms with Crippen molar-refractivity contribution in [3.8, 4) is 16.9 Å². The molecule has 7 nitrogen and oxygen atoms in total. The Balaban J connectivity index is 1.30. The fourth-order valence-electron chi connectivity index (χ4n) is 4.43. The number of esters is 1. The fraction of sp³-hybridized carbons (Fsp3) is 0.156. The van der Waals surface area contributed by atoms with Gasteiger partial charge in [0.1, 0.15) is 29.7 Å². The number of halogens is 1. The SMILES string of the molecule is COC(=O)C(Cc1ccc(OCc2ccccc2)cc1)N(C)C(=O)c1cn2ccc(-c3ccc(Cl)cc3)cc2n1. The standard InChI is InChI=1S/C32H28ClN3O4/c1-35(31(37)28-20-36-17-16-25(19-30(36)34-28)24-10-12-26(33)13-11-24)29(32(38)39-2)18-22-8-14-27(15-9-22)40-21-23-6-4-3-5-7-23/h3-17,19-20,29H,18,21H2,1-2H3. The molecule has 0 saturated heterocycles. The molecule has 0 saturated carbocycles. The quantitative estimate of drug-likeness (QED) is 0.207. The van der Waals surface area contributed by atoms with Crippen LogP contribution in [0.4, 0.5) is 0 Å². The minimum Gasteiger partial charge on any atom is -0.489 e. The van der Waals surface area contributed by atoms with Gasteiger partial charge in [-0.2, -0.15) is 0 Å². The zero-order chi connectivity index (χ0) is 28.1. The van der Waals surface area contributed by atoms with E-state index in [1.807, 2.05) is 97.2 Å². The summed E-state index contributed by atoms with van der Waals surface area (Å²) in [6.07, 6.45) is 3.79. The van der Waals surface area contributed by atoms with Crippen molar-refractivity contribution in [2.24, 2.45) is 0 Å². The number of methoxy groups -OCH3 is 1. The zero-order valence-corrected chi connectivity index (χ0v) is 22.9. The Morgan fingerprint density at radius 3 is 2.35 bits per heavy atom. The predicted molar refractivity (Wildman–Crippen MR) is 154 cm³/mol. The smallest absolute Gasteiger partial charge is 0.328 e. The van der Waals surface area contributed by atoms with Gasteiger partial charge in [-0.25, -0.2) is 9.78 Å². The van der Waals surface area contributed by atoms with Crippen molar-refractivity contribution in [3.05, 3.63) is 125 Å². The average molecular weight is 554 g/mol. The number of hydrogen-bond acceptors (Lipinski definition) is 5. The van der Waals surface area contributed by atoms with Crippen LogP contribution in [0.2, 0.25) is 5.02 Å². The molecule has 1 atom stereocenters. The summed E-state index contributed by atoms with van der Waals surface area (Å²) in [6, 6.07) is 27.9. The van der Waals surface area contributed by atoms with Crippen LogP contribution in [0.1, 0.15) is 21.6 Å². The molecule has 5 aromatic rings. The Labute approximate surface area is 237 Å². The Kier molecular flexibility index (Phi) is 8.12. The first-order valence-electron chi connectivity index (χ1n) is 12.8. The Morgan fingerprint density at radius 1 is 0.925 bits per heavy atom. The molecule has 1 amide bonds. The summed E-state index contributed by atoms with van der Waals surface area (Å²) >= 11 is 6.01. The third-order valence-corrected chi connectivity index (χ3v) is 6.97. The number of amides is 1. The van der Waals surface area contributed by atoms with Crippen molar-refractivity contribution in [2.75, 3.05) is 14.2 Å². The molecule has 5 rings (SSSR count). The first-order valence-corrected chi connectivity index (χ1v) is 13.1. The lowest BCUT2D eigenvalue weighted by Crippen LogP contribution is -2.44. The molecule has 0 aliphatic heterocycles. The van der Waals surface area contributed by atoms with Gasteiger partial charge in [0.15, 0.2) is 0 Å². The fourth-order valence-corrected chi connectivity index (χ4v) is 4.56. The molecule has 0 aliphatic carbocycles. The van der Waals surface area contributed by atoms with E-state index in [4.69, 9.17) is 21.1 Å². The van der Waals surface area contributed by atoms with Gasteiger partial charge in [0.2, 0.25) is 0 Å². The molecule has 2 aromatic heterocycles. The van der Waals surface area contributed by atoms with Gasteiger partial charge in [-0.1, -0.05) is 66.2 Å². The molecule has 3 aromatic carbocycles. The minimum atomic E-state index is -0.831. The summed E-state index contributed by atoms with van der Waals surface area (Å²) < 4.78 is 12.7. The molecule has 0 spiro atoms. The van der Waals surface area contributed by atoms with Gasteiger partial charge in [-0.05, 0) is 58.7 Å². The van der Waals surface area contributed by atoms with Crippen molar-refractivity contribution in [1.29, 1.82) is 0 Å². The van der Waals surface area contributed by atoms with Gasteiger partial charge < -0.3 is 18.8 Å². The maximum absolute atomic E-state index is 13.4. The van der Waals surface area contributed by atoms with Crippen molar-refractivity contribution < 1.29 is 19.1 Å². The second-order valence-electron chi connectivity index (χ2n) is 9.39. The number of aromatic nitrogens is 2. The molecule has 40 heavy (non-hydrogen) atoms. The lowest BCUT2D eigenvalue weighted by atomic mass is 10.0. The molecule has 0 fully saturated rings. The van der Waals surface area contributed by atoms with Gasteiger partial charge >= 0.3 is 5.97 Å². The number of pyridine rings is 1. The number of carbonyl (C=O) groups is 2. The van der Waals surface area contributed by atoms with E-state index in [9.17, 15) is 9.59 Å². The van der Waals surface area contributed by atoms with Gasteiger partial charge in [0.25, 0.3) is 5.91 Å². The Hall–Kier alpha value is -4.62. The third-order valence-electron chi connectivity index (χ3n) is 6.72. The van der Waals surface area contributed by atoms with Crippen LogP contribution in [0, 0.1) is 0 Å². The molecular formula is C32H28ClN3O4. The summed E-state index contributed by atoms with van der Waals surface area (Å²) in [4.78, 5) is 32.1. The van der Waals surface area contributed by atoms with Crippen molar-refractivity contribution in [2.45, 2.75) is 19.1 Å². The Morgan fingerprint density at radius 2 is 1.65 bits per heavy atom. The van der Waals surface area contributed by atoms with Crippen LogP contribution in [-0.4, -0.2) is 46.4 Å². The summed E-state index contributed by atoms with van der Waals surface area (Å²) in [6.45, 7) is 0.461. The zero-order valence-electron chi connectivity index (χ0n) is 22.2. The van der Waals surface area contributed by atoms with E-state index in [1.54, 1.807) is 17.6 Å². The third kappa shape index (κ3) is 6.16. The second kappa shape index (κ2) is 12.1. The van der Waals surface area contributed by atoms with Crippen LogP contribution < -0.4 is 4.74 Å². The summed E-state index contributed by atoms with van der Waals surface area (Å²) in [7, 11) is 2.90. The molecule has 2 heterocycles. The van der Waals surface area contributed by atoms with E-state index in [0.29, 0.717) is 23.0 Å². The molecule has 0 bridgehead atoms. The predicted octanol–water partition coefficient (Wildman–Crippen LogP) is 6.09. The maximum atomic E-state index is 13.4. The van der Waals surface area contributed by atoms with Gasteiger partial charge in [0.05, 0.1) is 7.11 Å². The van der Waals surface area contributed by atoms with Crippen LogP contribution >= 0.6 is 11.6 Å². The Bertz CT molecular complexity index is 1620. The van der Waals surface area contributed by atoms with E-state index >= 15 is 0 Å². The van der Waals surface area contributed by atoms with Crippen LogP contribution in [-0.2, 0) is 22.6 Å². The molecule has 0 N–H and O–H groups in total. The van der Waals surface area contributed by atoms with Gasteiger partial charge in [-0.15, -0.1) is 0 Å². The molecule has 202 valence electrons. The maximum Gasteiger partial charge on any atom is 0.328 e. The van der Waals surface area contributed by atoms with E-state index < -0.39 is 12.0 Å². The number of hydrogen-bond donors (Lipinski definition) is 0. The highest BCUT2D eigenvalue weighted by Gasteiger charge is 2.30. The number of benzene rings is 3. The number of ether oxygens (including phenoxy) is 2. The summed E-state index contributed by atoms with van der Waals surface area (Å²) in [5, 5.41) is 0.661. The van der Waals surface area contributed by atoms with Gasteiger partial charge in [-0.3, -0.25) is 4.79 Å². The average Bonchev–Trinajstić information content (AvgIpc) is 3.43. The van der Waals surface area contributed by atoms with Crippen LogP contribution in [0.5, 0.6) is 5.75 Å². The number of rotatable bonds is 9. The highest BCUT2D eigenvalue weighted by atomic mass is 35.5. The topological polar surface area (TPSA) is 73.1 Å². The summed E-state index contributed by atoms with van der Waals surface area (Å²) in [5.41, 5.74) is 4.72. The number of likely N-dealkylation sites (N-methyl/N-ethyl adjacent to an activating group) is 1. The van der Waals surface area contributed by atoms with Crippen LogP contribution in [0.15, 0.2) is 103 Å². The van der Waals surface area contributed by atoms with Crippen LogP contribution in [0.25, 0.3) is 16.8 Å². The largest absolute Gasteiger partial charge is 0.489 e. The number of imidazole rings is 1. The molecular weight excluding hydrogens is 526 g/mol. The van der Waals surface area contributed by atoms with Crippen molar-refractivity contribution >= 4 is 29.1 Å². The lowest BCUT2D eigenvalue weighted by molar-refractivity contribution is -0.145. The second-order valence-corrected chi connectivity index (χ2v) is 9.83. The first kappa shape index (κ1) is 27.0. The summed E-state index contributed by atoms with van der Waals surface area (Å²) in [5.74, 6) is -0.168. The number of nitrogens with zero attached hydrogens (tertiary/aromatic N) is 3. The normalized spacial score (nSPS) is 11.7. The van der Waals surface area contributed by atoms with Gasteiger partial charge in [0, 0.05) is 30.9 Å². The number of fused-ring (bicyclic) bond motifs is 1. The minimum absolute atomic E-state index is 0.231. The first-order chi connectivity index (χ1) is 19.4. The van der Waals surface area contributed by atoms with E-state index in [2.05, 4.69) is 4.98 Å².